The molecule has 0 bridgehead atoms. The summed E-state index contributed by atoms with van der Waals surface area (Å²) in [5.74, 6) is -1.15. The van der Waals surface area contributed by atoms with Gasteiger partial charge in [0.1, 0.15) is 11.9 Å². The third-order valence-electron chi connectivity index (χ3n) is 7.08. The molecule has 4 atom stereocenters. The Kier molecular flexibility index (Phi) is 7.82. The number of hydrogen-bond donors (Lipinski definition) is 3. The first kappa shape index (κ1) is 27.0. The summed E-state index contributed by atoms with van der Waals surface area (Å²) in [6.45, 7) is 3.57. The van der Waals surface area contributed by atoms with Crippen LogP contribution in [0.25, 0.3) is 0 Å². The number of hydrogen-bond acceptors (Lipinski definition) is 4. The van der Waals surface area contributed by atoms with Gasteiger partial charge in [0.15, 0.2) is 0 Å². The molecule has 1 aliphatic heterocycles. The molecule has 4 rings (SSSR count). The summed E-state index contributed by atoms with van der Waals surface area (Å²) in [6, 6.07) is 6.17. The second-order valence-corrected chi connectivity index (χ2v) is 9.94. The first-order valence-electron chi connectivity index (χ1n) is 12.2. The van der Waals surface area contributed by atoms with Crippen molar-refractivity contribution < 1.29 is 31.5 Å². The molecule has 1 aromatic heterocycles. The van der Waals surface area contributed by atoms with Gasteiger partial charge >= 0.3 is 6.18 Å². The van der Waals surface area contributed by atoms with Crippen molar-refractivity contribution >= 4 is 11.8 Å². The summed E-state index contributed by atoms with van der Waals surface area (Å²) in [7, 11) is 0. The van der Waals surface area contributed by atoms with Crippen LogP contribution in [0, 0.1) is 11.8 Å². The van der Waals surface area contributed by atoms with Gasteiger partial charge in [0, 0.05) is 30.3 Å². The Labute approximate surface area is 211 Å². The zero-order valence-electron chi connectivity index (χ0n) is 20.4. The molecule has 0 radical (unpaired) electrons. The van der Waals surface area contributed by atoms with Gasteiger partial charge in [0.25, 0.3) is 6.43 Å². The minimum atomic E-state index is -4.42. The lowest BCUT2D eigenvalue weighted by Gasteiger charge is -2.43. The Morgan fingerprint density at radius 3 is 2.49 bits per heavy atom. The maximum absolute atomic E-state index is 13.8. The van der Waals surface area contributed by atoms with E-state index >= 15 is 0 Å². The highest BCUT2D eigenvalue weighted by atomic mass is 19.4. The number of aromatic nitrogens is 1. The molecule has 2 amide bonds. The Morgan fingerprint density at radius 2 is 1.86 bits per heavy atom. The van der Waals surface area contributed by atoms with E-state index < -0.39 is 30.0 Å². The molecule has 1 aromatic carbocycles. The number of carbonyl (C=O) groups excluding carboxylic acids is 2. The molecule has 3 N–H and O–H groups in total. The van der Waals surface area contributed by atoms with Crippen molar-refractivity contribution in [1.82, 2.24) is 20.9 Å². The van der Waals surface area contributed by atoms with Gasteiger partial charge in [-0.05, 0) is 54.5 Å². The number of alkyl halides is 5. The van der Waals surface area contributed by atoms with Gasteiger partial charge in [-0.2, -0.15) is 13.2 Å². The largest absolute Gasteiger partial charge is 0.416 e. The molecule has 1 saturated carbocycles. The number of rotatable bonds is 6. The molecule has 37 heavy (non-hydrogen) atoms. The molecule has 11 heteroatoms. The van der Waals surface area contributed by atoms with Crippen molar-refractivity contribution in [2.75, 3.05) is 0 Å². The van der Waals surface area contributed by atoms with E-state index in [1.807, 2.05) is 0 Å². The Bertz CT molecular complexity index is 1140. The lowest BCUT2D eigenvalue weighted by Crippen LogP contribution is -2.58. The molecular weight excluding hydrogens is 495 g/mol. The summed E-state index contributed by atoms with van der Waals surface area (Å²) < 4.78 is 66.4. The molecule has 2 aromatic rings. The molecule has 2 heterocycles. The molecule has 0 spiro atoms. The SMILES string of the molecule is CC(C)C(=O)NCc1cnc(C(F)F)c(C2NC(=O)C3CCC(c4ccc(C(F)(F)F)cc4)CC3N2)c1. The summed E-state index contributed by atoms with van der Waals surface area (Å²) in [4.78, 5) is 28.8. The van der Waals surface area contributed by atoms with Gasteiger partial charge in [-0.25, -0.2) is 8.78 Å². The summed E-state index contributed by atoms with van der Waals surface area (Å²) >= 11 is 0. The number of nitrogens with zero attached hydrogens (tertiary/aromatic N) is 1. The molecule has 1 aliphatic carbocycles. The predicted molar refractivity (Wildman–Crippen MR) is 125 cm³/mol. The first-order valence-corrected chi connectivity index (χ1v) is 12.2. The lowest BCUT2D eigenvalue weighted by molar-refractivity contribution is -0.137. The van der Waals surface area contributed by atoms with Gasteiger partial charge in [0.2, 0.25) is 11.8 Å². The zero-order chi connectivity index (χ0) is 26.9. The normalized spacial score (nSPS) is 24.1. The fraction of sp³-hybridized carbons (Fsp3) is 0.500. The van der Waals surface area contributed by atoms with Crippen molar-refractivity contribution in [3.63, 3.8) is 0 Å². The first-order chi connectivity index (χ1) is 17.4. The van der Waals surface area contributed by atoms with Crippen LogP contribution in [0.1, 0.15) is 79.6 Å². The van der Waals surface area contributed by atoms with Gasteiger partial charge in [-0.3, -0.25) is 19.9 Å². The topological polar surface area (TPSA) is 83.1 Å². The van der Waals surface area contributed by atoms with Crippen LogP contribution in [-0.2, 0) is 22.3 Å². The zero-order valence-corrected chi connectivity index (χ0v) is 20.4. The average Bonchev–Trinajstić information content (AvgIpc) is 2.86. The predicted octanol–water partition coefficient (Wildman–Crippen LogP) is 4.98. The smallest absolute Gasteiger partial charge is 0.352 e. The Hall–Kier alpha value is -3.08. The standard InChI is InChI=1S/C26H29F5N4O2/c1-13(2)24(36)33-12-14-9-19(21(22(27)28)32-11-14)23-34-20-10-16(5-8-18(20)25(37)35-23)15-3-6-17(7-4-15)26(29,30)31/h3-4,6-7,9,11,13,16,18,20,22-23,34H,5,8,10,12H2,1-2H3,(H,33,36)(H,35,37). The quantitative estimate of drug-likeness (QED) is 0.466. The molecule has 4 unspecified atom stereocenters. The van der Waals surface area contributed by atoms with Crippen molar-refractivity contribution in [3.05, 3.63) is 64.5 Å². The van der Waals surface area contributed by atoms with E-state index in [9.17, 15) is 31.5 Å². The van der Waals surface area contributed by atoms with E-state index in [2.05, 4.69) is 20.9 Å². The van der Waals surface area contributed by atoms with Crippen molar-refractivity contribution in [2.24, 2.45) is 11.8 Å². The molecule has 200 valence electrons. The van der Waals surface area contributed by atoms with Gasteiger partial charge in [-0.1, -0.05) is 26.0 Å². The summed E-state index contributed by atoms with van der Waals surface area (Å²) in [6.07, 6.45) is -5.32. The third-order valence-corrected chi connectivity index (χ3v) is 7.08. The van der Waals surface area contributed by atoms with E-state index in [0.29, 0.717) is 24.8 Å². The number of nitrogens with one attached hydrogen (secondary N) is 3. The van der Waals surface area contributed by atoms with Crippen LogP contribution in [0.4, 0.5) is 22.0 Å². The van der Waals surface area contributed by atoms with Crippen LogP contribution < -0.4 is 16.0 Å². The maximum Gasteiger partial charge on any atom is 0.416 e. The van der Waals surface area contributed by atoms with Crippen LogP contribution in [-0.4, -0.2) is 22.8 Å². The number of amides is 2. The van der Waals surface area contributed by atoms with Crippen LogP contribution in [0.15, 0.2) is 36.5 Å². The highest BCUT2D eigenvalue weighted by Crippen LogP contribution is 2.40. The fourth-order valence-electron chi connectivity index (χ4n) is 5.03. The van der Waals surface area contributed by atoms with Crippen LogP contribution in [0.3, 0.4) is 0 Å². The van der Waals surface area contributed by atoms with Gasteiger partial charge in [0.05, 0.1) is 11.5 Å². The molecule has 6 nitrogen and oxygen atoms in total. The van der Waals surface area contributed by atoms with Crippen molar-refractivity contribution in [1.29, 1.82) is 0 Å². The second-order valence-electron chi connectivity index (χ2n) is 9.94. The fourth-order valence-corrected chi connectivity index (χ4v) is 5.03. The van der Waals surface area contributed by atoms with E-state index in [0.717, 1.165) is 17.7 Å². The van der Waals surface area contributed by atoms with Gasteiger partial charge in [-0.15, -0.1) is 0 Å². The monoisotopic (exact) mass is 524 g/mol. The van der Waals surface area contributed by atoms with E-state index in [1.54, 1.807) is 13.8 Å². The van der Waals surface area contributed by atoms with E-state index in [-0.39, 0.29) is 47.7 Å². The molecule has 1 saturated heterocycles. The third kappa shape index (κ3) is 6.08. The van der Waals surface area contributed by atoms with Gasteiger partial charge < -0.3 is 10.6 Å². The molecular formula is C26H29F5N4O2. The Balaban J connectivity index is 1.53. The van der Waals surface area contributed by atoms with Crippen molar-refractivity contribution in [3.8, 4) is 0 Å². The maximum atomic E-state index is 13.8. The Morgan fingerprint density at radius 1 is 1.16 bits per heavy atom. The minimum absolute atomic E-state index is 0.0761. The van der Waals surface area contributed by atoms with E-state index in [1.165, 1.54) is 24.4 Å². The second kappa shape index (κ2) is 10.7. The highest BCUT2D eigenvalue weighted by molar-refractivity contribution is 5.81. The van der Waals surface area contributed by atoms with E-state index in [4.69, 9.17) is 0 Å². The highest BCUT2D eigenvalue weighted by Gasteiger charge is 2.42. The number of fused-ring (bicyclic) bond motifs is 1. The molecule has 2 fully saturated rings. The van der Waals surface area contributed by atoms with Crippen LogP contribution in [0.2, 0.25) is 0 Å². The average molecular weight is 525 g/mol. The van der Waals surface area contributed by atoms with Crippen LogP contribution in [0.5, 0.6) is 0 Å². The summed E-state index contributed by atoms with van der Waals surface area (Å²) in [5, 5.41) is 8.77. The number of carbonyl (C=O) groups is 2. The van der Waals surface area contributed by atoms with Crippen LogP contribution >= 0.6 is 0 Å². The van der Waals surface area contributed by atoms with Crippen molar-refractivity contribution in [2.45, 2.75) is 70.4 Å². The number of pyridine rings is 1. The lowest BCUT2D eigenvalue weighted by atomic mass is 9.74. The summed E-state index contributed by atoms with van der Waals surface area (Å²) in [5.41, 5.74) is 0.183. The number of benzene rings is 1. The number of halogens is 5. The minimum Gasteiger partial charge on any atom is -0.352 e. The molecule has 2 aliphatic rings.